The second-order valence-corrected chi connectivity index (χ2v) is 4.90. The van der Waals surface area contributed by atoms with Crippen LogP contribution in [0.2, 0.25) is 0 Å². The molecule has 0 saturated heterocycles. The summed E-state index contributed by atoms with van der Waals surface area (Å²) in [6.45, 7) is 7.82. The summed E-state index contributed by atoms with van der Waals surface area (Å²) in [5.41, 5.74) is -0.652. The van der Waals surface area contributed by atoms with E-state index in [-0.39, 0.29) is 37.9 Å². The van der Waals surface area contributed by atoms with Gasteiger partial charge >= 0.3 is 5.97 Å². The number of hydrogen-bond donors (Lipinski definition) is 4. The van der Waals surface area contributed by atoms with Gasteiger partial charge in [0.2, 0.25) is 0 Å². The molecule has 0 spiro atoms. The highest BCUT2D eigenvalue weighted by Crippen LogP contribution is 2.18. The zero-order chi connectivity index (χ0) is 19.0. The van der Waals surface area contributed by atoms with Crippen molar-refractivity contribution in [2.45, 2.75) is 34.1 Å². The van der Waals surface area contributed by atoms with Crippen LogP contribution in [0, 0.1) is 5.41 Å². The molecule has 24 heavy (non-hydrogen) atoms. The lowest BCUT2D eigenvalue weighted by atomic mass is 9.88. The molecule has 0 unspecified atom stereocenters. The molecular weight excluding hydrogens is 320 g/mol. The number of carboxylic acid groups (broad SMARTS) is 1. The first-order valence-electron chi connectivity index (χ1n) is 8.04. The van der Waals surface area contributed by atoms with Gasteiger partial charge in [0.15, 0.2) is 0 Å². The third-order valence-corrected chi connectivity index (χ3v) is 3.26. The number of hydrogen-bond acceptors (Lipinski definition) is 7. The van der Waals surface area contributed by atoms with Crippen molar-refractivity contribution in [2.75, 3.05) is 46.2 Å². The maximum Gasteiger partial charge on any atom is 0.341 e. The fourth-order valence-electron chi connectivity index (χ4n) is 1.38. The third-order valence-electron chi connectivity index (χ3n) is 3.26. The second-order valence-electron chi connectivity index (χ2n) is 4.90. The highest BCUT2D eigenvalue weighted by atomic mass is 16.7. The largest absolute Gasteiger partial charge is 0.478 e. The van der Waals surface area contributed by atoms with Crippen LogP contribution in [0.4, 0.5) is 0 Å². The Morgan fingerprint density at radius 1 is 0.875 bits per heavy atom. The van der Waals surface area contributed by atoms with Gasteiger partial charge in [-0.2, -0.15) is 0 Å². The SMILES string of the molecule is CCC(CO)(CO)CO.CCOCC(C(=O)O)=C(OCC)OCC. The van der Waals surface area contributed by atoms with Crippen LogP contribution in [-0.4, -0.2) is 72.6 Å². The van der Waals surface area contributed by atoms with E-state index in [0.29, 0.717) is 26.2 Å². The molecule has 144 valence electrons. The van der Waals surface area contributed by atoms with Gasteiger partial charge in [-0.05, 0) is 27.2 Å². The molecule has 0 radical (unpaired) electrons. The van der Waals surface area contributed by atoms with Crippen LogP contribution in [0.1, 0.15) is 34.1 Å². The van der Waals surface area contributed by atoms with E-state index in [1.165, 1.54) is 0 Å². The quantitative estimate of drug-likeness (QED) is 0.299. The molecule has 0 aromatic carbocycles. The zero-order valence-corrected chi connectivity index (χ0v) is 15.1. The van der Waals surface area contributed by atoms with Crippen molar-refractivity contribution in [3.05, 3.63) is 11.5 Å². The molecule has 0 aliphatic heterocycles. The minimum Gasteiger partial charge on any atom is -0.478 e. The molecule has 4 N–H and O–H groups in total. The minimum absolute atomic E-state index is 0.0127. The number of carboxylic acids is 1. The van der Waals surface area contributed by atoms with Gasteiger partial charge in [0, 0.05) is 12.0 Å². The van der Waals surface area contributed by atoms with Gasteiger partial charge in [-0.3, -0.25) is 0 Å². The smallest absolute Gasteiger partial charge is 0.341 e. The molecule has 0 aromatic rings. The Balaban J connectivity index is 0. The molecule has 8 nitrogen and oxygen atoms in total. The third kappa shape index (κ3) is 9.71. The van der Waals surface area contributed by atoms with Crippen molar-refractivity contribution in [3.63, 3.8) is 0 Å². The lowest BCUT2D eigenvalue weighted by Gasteiger charge is -2.24. The highest BCUT2D eigenvalue weighted by Gasteiger charge is 2.24. The number of aliphatic carboxylic acids is 1. The van der Waals surface area contributed by atoms with E-state index >= 15 is 0 Å². The van der Waals surface area contributed by atoms with E-state index in [2.05, 4.69) is 0 Å². The van der Waals surface area contributed by atoms with Crippen LogP contribution < -0.4 is 0 Å². The first-order valence-corrected chi connectivity index (χ1v) is 8.04. The molecule has 0 fully saturated rings. The number of rotatable bonds is 12. The Labute approximate surface area is 143 Å². The number of ether oxygens (including phenoxy) is 3. The molecule has 0 heterocycles. The Hall–Kier alpha value is -1.35. The first kappa shape index (κ1) is 24.9. The fourth-order valence-corrected chi connectivity index (χ4v) is 1.38. The molecule has 0 saturated carbocycles. The van der Waals surface area contributed by atoms with Gasteiger partial charge in [0.1, 0.15) is 5.57 Å². The summed E-state index contributed by atoms with van der Waals surface area (Å²) in [5, 5.41) is 34.9. The standard InChI is InChI=1S/C10H18O5.C6H14O3/c1-4-13-7-8(9(11)12)10(14-5-2)15-6-3;1-2-6(3-7,4-8)5-9/h4-7H2,1-3H3,(H,11,12);7-9H,2-5H2,1H3. The van der Waals surface area contributed by atoms with E-state index in [1.54, 1.807) is 20.8 Å². The van der Waals surface area contributed by atoms with Crippen LogP contribution in [0.5, 0.6) is 0 Å². The minimum atomic E-state index is -1.08. The maximum absolute atomic E-state index is 10.9. The molecule has 0 amide bonds. The van der Waals surface area contributed by atoms with Crippen molar-refractivity contribution in [3.8, 4) is 0 Å². The van der Waals surface area contributed by atoms with Crippen LogP contribution in [0.15, 0.2) is 11.5 Å². The maximum atomic E-state index is 10.9. The Kier molecular flexibility index (Phi) is 15.8. The molecule has 0 atom stereocenters. The average Bonchev–Trinajstić information content (AvgIpc) is 2.58. The van der Waals surface area contributed by atoms with Crippen LogP contribution >= 0.6 is 0 Å². The number of aliphatic hydroxyl groups excluding tert-OH is 3. The van der Waals surface area contributed by atoms with Crippen molar-refractivity contribution in [1.82, 2.24) is 0 Å². The number of aliphatic hydroxyl groups is 3. The predicted molar refractivity (Wildman–Crippen MR) is 88.4 cm³/mol. The van der Waals surface area contributed by atoms with Crippen molar-refractivity contribution >= 4 is 5.97 Å². The predicted octanol–water partition coefficient (Wildman–Crippen LogP) is 0.752. The Morgan fingerprint density at radius 2 is 1.33 bits per heavy atom. The van der Waals surface area contributed by atoms with E-state index in [1.807, 2.05) is 6.92 Å². The lowest BCUT2D eigenvalue weighted by Crippen LogP contribution is -2.32. The van der Waals surface area contributed by atoms with Gasteiger partial charge in [-0.1, -0.05) is 6.92 Å². The Morgan fingerprint density at radius 3 is 1.54 bits per heavy atom. The molecular formula is C16H32O8. The van der Waals surface area contributed by atoms with Crippen LogP contribution in [-0.2, 0) is 19.0 Å². The molecule has 0 aromatic heterocycles. The van der Waals surface area contributed by atoms with E-state index < -0.39 is 11.4 Å². The normalized spacial score (nSPS) is 10.5. The monoisotopic (exact) mass is 352 g/mol. The molecule has 0 aliphatic rings. The van der Waals surface area contributed by atoms with E-state index in [4.69, 9.17) is 34.6 Å². The van der Waals surface area contributed by atoms with Gasteiger partial charge < -0.3 is 34.6 Å². The van der Waals surface area contributed by atoms with Gasteiger partial charge in [-0.15, -0.1) is 0 Å². The van der Waals surface area contributed by atoms with Gasteiger partial charge in [0.25, 0.3) is 5.95 Å². The van der Waals surface area contributed by atoms with Crippen LogP contribution in [0.25, 0.3) is 0 Å². The first-order chi connectivity index (χ1) is 11.4. The van der Waals surface area contributed by atoms with Crippen LogP contribution in [0.3, 0.4) is 0 Å². The second kappa shape index (κ2) is 15.2. The van der Waals surface area contributed by atoms with Crippen molar-refractivity contribution in [2.24, 2.45) is 5.41 Å². The van der Waals surface area contributed by atoms with Gasteiger partial charge in [0.05, 0.1) is 39.6 Å². The fraction of sp³-hybridized carbons (Fsp3) is 0.812. The van der Waals surface area contributed by atoms with Gasteiger partial charge in [-0.25, -0.2) is 4.79 Å². The average molecular weight is 352 g/mol. The lowest BCUT2D eigenvalue weighted by molar-refractivity contribution is -0.134. The highest BCUT2D eigenvalue weighted by molar-refractivity contribution is 5.87. The molecule has 8 heteroatoms. The van der Waals surface area contributed by atoms with Crippen molar-refractivity contribution < 1.29 is 39.4 Å². The summed E-state index contributed by atoms with van der Waals surface area (Å²) < 4.78 is 15.2. The summed E-state index contributed by atoms with van der Waals surface area (Å²) >= 11 is 0. The number of carbonyl (C=O) groups is 1. The molecule has 0 bridgehead atoms. The molecule has 0 rings (SSSR count). The topological polar surface area (TPSA) is 126 Å². The molecule has 0 aliphatic carbocycles. The van der Waals surface area contributed by atoms with Crippen molar-refractivity contribution in [1.29, 1.82) is 0 Å². The zero-order valence-electron chi connectivity index (χ0n) is 15.1. The van der Waals surface area contributed by atoms with E-state index in [9.17, 15) is 4.79 Å². The summed E-state index contributed by atoms with van der Waals surface area (Å²) in [4.78, 5) is 10.9. The summed E-state index contributed by atoms with van der Waals surface area (Å²) in [6.07, 6.45) is 0.594. The summed E-state index contributed by atoms with van der Waals surface area (Å²) in [5.74, 6) is -1.04. The Bertz CT molecular complexity index is 324. The van der Waals surface area contributed by atoms with E-state index in [0.717, 1.165) is 0 Å². The summed E-state index contributed by atoms with van der Waals surface area (Å²) in [7, 11) is 0. The summed E-state index contributed by atoms with van der Waals surface area (Å²) in [6, 6.07) is 0.